The Bertz CT molecular complexity index is 266. The van der Waals surface area contributed by atoms with E-state index in [-0.39, 0.29) is 0 Å². The highest BCUT2D eigenvalue weighted by atomic mass is 32.2. The maximum atomic E-state index is 11.9. The highest BCUT2D eigenvalue weighted by molar-refractivity contribution is 8.01. The molecule has 1 N–H and O–H groups in total. The molecule has 1 atom stereocenters. The predicted molar refractivity (Wildman–Crippen MR) is 95.2 cm³/mol. The number of thioether (sulfide) groups is 1. The highest BCUT2D eigenvalue weighted by Gasteiger charge is 2.37. The van der Waals surface area contributed by atoms with E-state index < -0.39 is 10.7 Å². The monoisotopic (exact) mass is 316 g/mol. The molecule has 0 aromatic rings. The molecule has 0 aromatic heterocycles. The minimum atomic E-state index is -0.582. The van der Waals surface area contributed by atoms with Crippen molar-refractivity contribution in [1.82, 2.24) is 0 Å². The maximum absolute atomic E-state index is 11.9. The molecule has 0 aliphatic carbocycles. The van der Waals surface area contributed by atoms with Crippen molar-refractivity contribution in [3.63, 3.8) is 0 Å². The Morgan fingerprint density at radius 2 is 1.62 bits per heavy atom. The number of carboxylic acids is 1. The zero-order valence-corrected chi connectivity index (χ0v) is 15.4. The molecule has 126 valence electrons. The summed E-state index contributed by atoms with van der Waals surface area (Å²) in [4.78, 5) is 11.9. The zero-order chi connectivity index (χ0) is 16.1. The minimum Gasteiger partial charge on any atom is -0.480 e. The third-order valence-electron chi connectivity index (χ3n) is 4.06. The van der Waals surface area contributed by atoms with E-state index in [1.807, 2.05) is 0 Å². The van der Waals surface area contributed by atoms with Crippen LogP contribution in [0, 0.1) is 5.92 Å². The quantitative estimate of drug-likeness (QED) is 0.391. The molecule has 0 rings (SSSR count). The van der Waals surface area contributed by atoms with Crippen LogP contribution in [0.3, 0.4) is 0 Å². The summed E-state index contributed by atoms with van der Waals surface area (Å²) in [5.74, 6) is 1.16. The van der Waals surface area contributed by atoms with E-state index in [0.29, 0.717) is 0 Å². The molecule has 0 aliphatic heterocycles. The van der Waals surface area contributed by atoms with Gasteiger partial charge in [-0.15, -0.1) is 11.8 Å². The van der Waals surface area contributed by atoms with Gasteiger partial charge in [0.15, 0.2) is 0 Å². The average molecular weight is 317 g/mol. The summed E-state index contributed by atoms with van der Waals surface area (Å²) in [5.41, 5.74) is 0. The van der Waals surface area contributed by atoms with E-state index in [4.69, 9.17) is 0 Å². The van der Waals surface area contributed by atoms with Crippen LogP contribution in [-0.4, -0.2) is 21.6 Å². The summed E-state index contributed by atoms with van der Waals surface area (Å²) in [7, 11) is 0. The summed E-state index contributed by atoms with van der Waals surface area (Å²) < 4.78 is -0.525. The molecule has 0 heterocycles. The average Bonchev–Trinajstić information content (AvgIpc) is 2.43. The summed E-state index contributed by atoms with van der Waals surface area (Å²) in [6.45, 7) is 8.82. The Kier molecular flexibility index (Phi) is 12.3. The highest BCUT2D eigenvalue weighted by Crippen LogP contribution is 2.37. The second-order valence-electron chi connectivity index (χ2n) is 6.60. The summed E-state index contributed by atoms with van der Waals surface area (Å²) in [5, 5.41) is 9.77. The summed E-state index contributed by atoms with van der Waals surface area (Å²) >= 11 is 1.71. The van der Waals surface area contributed by atoms with Gasteiger partial charge in [0.1, 0.15) is 4.75 Å². The molecule has 0 bridgehead atoms. The van der Waals surface area contributed by atoms with E-state index in [9.17, 15) is 9.90 Å². The molecule has 1 unspecified atom stereocenters. The van der Waals surface area contributed by atoms with Crippen LogP contribution in [0.1, 0.15) is 91.9 Å². The third kappa shape index (κ3) is 9.44. The van der Waals surface area contributed by atoms with Crippen LogP contribution < -0.4 is 0 Å². The minimum absolute atomic E-state index is 0.525. The number of rotatable bonds is 14. The predicted octanol–water partition coefficient (Wildman–Crippen LogP) is 6.14. The first-order chi connectivity index (χ1) is 9.98. The molecule has 0 amide bonds. The number of carbonyl (C=O) groups is 1. The maximum Gasteiger partial charge on any atom is 0.319 e. The van der Waals surface area contributed by atoms with Gasteiger partial charge in [0.25, 0.3) is 0 Å². The molecule has 0 spiro atoms. The second-order valence-corrected chi connectivity index (χ2v) is 8.08. The lowest BCUT2D eigenvalue weighted by atomic mass is 9.93. The smallest absolute Gasteiger partial charge is 0.319 e. The van der Waals surface area contributed by atoms with Crippen molar-refractivity contribution < 1.29 is 9.90 Å². The first-order valence-corrected chi connectivity index (χ1v) is 9.84. The molecular weight excluding hydrogens is 280 g/mol. The Labute approximate surface area is 136 Å². The van der Waals surface area contributed by atoms with Crippen molar-refractivity contribution in [2.75, 3.05) is 5.75 Å². The van der Waals surface area contributed by atoms with Crippen molar-refractivity contribution in [2.24, 2.45) is 5.92 Å². The standard InChI is InChI=1S/C18H36O2S/c1-5-7-13-18(17(19)20,21-15-8-6-2)14-11-9-10-12-16(3)4/h16H,5-15H2,1-4H3,(H,19,20). The SMILES string of the molecule is CCCCSC(CCCC)(CCCCCC(C)C)C(=O)O. The van der Waals surface area contributed by atoms with Gasteiger partial charge in [-0.25, -0.2) is 0 Å². The third-order valence-corrected chi connectivity index (χ3v) is 5.69. The Hall–Kier alpha value is -0.180. The first kappa shape index (κ1) is 20.8. The van der Waals surface area contributed by atoms with Crippen LogP contribution in [-0.2, 0) is 4.79 Å². The van der Waals surface area contributed by atoms with Gasteiger partial charge in [-0.05, 0) is 30.9 Å². The van der Waals surface area contributed by atoms with Gasteiger partial charge in [0, 0.05) is 0 Å². The second kappa shape index (κ2) is 12.4. The molecule has 0 saturated carbocycles. The summed E-state index contributed by atoms with van der Waals surface area (Å²) in [6.07, 6.45) is 10.8. The van der Waals surface area contributed by atoms with Gasteiger partial charge in [-0.1, -0.05) is 72.6 Å². The van der Waals surface area contributed by atoms with Crippen molar-refractivity contribution in [3.05, 3.63) is 0 Å². The lowest BCUT2D eigenvalue weighted by molar-refractivity contribution is -0.140. The molecule has 0 aliphatic rings. The van der Waals surface area contributed by atoms with Crippen LogP contribution in [0.15, 0.2) is 0 Å². The van der Waals surface area contributed by atoms with E-state index in [2.05, 4.69) is 27.7 Å². The van der Waals surface area contributed by atoms with Gasteiger partial charge in [-0.3, -0.25) is 4.79 Å². The molecule has 2 nitrogen and oxygen atoms in total. The molecular formula is C18H36O2S. The lowest BCUT2D eigenvalue weighted by Gasteiger charge is -2.29. The fourth-order valence-electron chi connectivity index (χ4n) is 2.56. The lowest BCUT2D eigenvalue weighted by Crippen LogP contribution is -2.35. The van der Waals surface area contributed by atoms with Crippen LogP contribution in [0.25, 0.3) is 0 Å². The Morgan fingerprint density at radius 3 is 2.14 bits per heavy atom. The fourth-order valence-corrected chi connectivity index (χ4v) is 4.08. The molecule has 0 fully saturated rings. The molecule has 0 aromatic carbocycles. The summed E-state index contributed by atoms with van der Waals surface area (Å²) in [6, 6.07) is 0. The zero-order valence-electron chi connectivity index (χ0n) is 14.6. The largest absolute Gasteiger partial charge is 0.480 e. The van der Waals surface area contributed by atoms with Crippen molar-refractivity contribution in [1.29, 1.82) is 0 Å². The molecule has 0 radical (unpaired) electrons. The Balaban J connectivity index is 4.41. The van der Waals surface area contributed by atoms with Crippen molar-refractivity contribution >= 4 is 17.7 Å². The van der Waals surface area contributed by atoms with Gasteiger partial charge >= 0.3 is 5.97 Å². The number of hydrogen-bond acceptors (Lipinski definition) is 2. The topological polar surface area (TPSA) is 37.3 Å². The number of carboxylic acid groups (broad SMARTS) is 1. The van der Waals surface area contributed by atoms with Crippen LogP contribution in [0.4, 0.5) is 0 Å². The molecule has 3 heteroatoms. The van der Waals surface area contributed by atoms with E-state index in [1.165, 1.54) is 19.3 Å². The van der Waals surface area contributed by atoms with Crippen LogP contribution in [0.5, 0.6) is 0 Å². The van der Waals surface area contributed by atoms with Crippen LogP contribution >= 0.6 is 11.8 Å². The Morgan fingerprint density at radius 1 is 1.00 bits per heavy atom. The van der Waals surface area contributed by atoms with Crippen molar-refractivity contribution in [2.45, 2.75) is 96.7 Å². The van der Waals surface area contributed by atoms with Crippen LogP contribution in [0.2, 0.25) is 0 Å². The molecule has 0 saturated heterocycles. The normalized spacial score (nSPS) is 14.3. The van der Waals surface area contributed by atoms with Crippen molar-refractivity contribution in [3.8, 4) is 0 Å². The van der Waals surface area contributed by atoms with Gasteiger partial charge in [0.2, 0.25) is 0 Å². The fraction of sp³-hybridized carbons (Fsp3) is 0.944. The van der Waals surface area contributed by atoms with E-state index in [0.717, 1.165) is 56.6 Å². The van der Waals surface area contributed by atoms with Gasteiger partial charge in [-0.2, -0.15) is 0 Å². The molecule has 21 heavy (non-hydrogen) atoms. The van der Waals surface area contributed by atoms with E-state index in [1.54, 1.807) is 11.8 Å². The number of hydrogen-bond donors (Lipinski definition) is 1. The number of unbranched alkanes of at least 4 members (excludes halogenated alkanes) is 4. The number of aliphatic carboxylic acids is 1. The van der Waals surface area contributed by atoms with E-state index >= 15 is 0 Å². The van der Waals surface area contributed by atoms with Gasteiger partial charge < -0.3 is 5.11 Å². The first-order valence-electron chi connectivity index (χ1n) is 8.85. The van der Waals surface area contributed by atoms with Gasteiger partial charge in [0.05, 0.1) is 0 Å².